The standard InChI is InChI=1S/C13H15N3O6/c1-4-8(13(18)21-3)15-11-9(22-7(2)12(15)17)5-6-10(14-11)16(19)20/h5-8H,4H2,1-3H3. The molecule has 0 radical (unpaired) electrons. The molecule has 0 saturated carbocycles. The van der Waals surface area contributed by atoms with Gasteiger partial charge in [0, 0.05) is 6.07 Å². The summed E-state index contributed by atoms with van der Waals surface area (Å²) < 4.78 is 10.1. The lowest BCUT2D eigenvalue weighted by Gasteiger charge is -2.33. The molecule has 1 aromatic rings. The van der Waals surface area contributed by atoms with Gasteiger partial charge in [-0.1, -0.05) is 6.92 Å². The van der Waals surface area contributed by atoms with Crippen LogP contribution in [0, 0.1) is 10.1 Å². The summed E-state index contributed by atoms with van der Waals surface area (Å²) in [6.07, 6.45) is -0.552. The van der Waals surface area contributed by atoms with Gasteiger partial charge in [0.15, 0.2) is 11.9 Å². The highest BCUT2D eigenvalue weighted by Gasteiger charge is 2.43. The van der Waals surface area contributed by atoms with Gasteiger partial charge in [-0.15, -0.1) is 0 Å². The molecule has 118 valence electrons. The molecule has 1 aliphatic heterocycles. The lowest BCUT2D eigenvalue weighted by atomic mass is 10.1. The number of pyridine rings is 1. The number of anilines is 1. The van der Waals surface area contributed by atoms with Crippen molar-refractivity contribution in [2.75, 3.05) is 12.0 Å². The SMILES string of the molecule is CCC(C(=O)OC)N1C(=O)C(C)Oc2ccc([N+](=O)[O-])nc21. The molecule has 0 saturated heterocycles. The number of esters is 1. The van der Waals surface area contributed by atoms with Gasteiger partial charge in [0.2, 0.25) is 0 Å². The van der Waals surface area contributed by atoms with Crippen molar-refractivity contribution >= 4 is 23.5 Å². The molecule has 2 unspecified atom stereocenters. The van der Waals surface area contributed by atoms with Gasteiger partial charge in [-0.3, -0.25) is 9.69 Å². The van der Waals surface area contributed by atoms with Gasteiger partial charge in [0.25, 0.3) is 11.7 Å². The average Bonchev–Trinajstić information content (AvgIpc) is 2.50. The van der Waals surface area contributed by atoms with Crippen LogP contribution in [-0.4, -0.2) is 41.0 Å². The fraction of sp³-hybridized carbons (Fsp3) is 0.462. The number of carbonyl (C=O) groups is 2. The molecule has 2 rings (SSSR count). The number of fused-ring (bicyclic) bond motifs is 1. The first-order valence-electron chi connectivity index (χ1n) is 6.63. The fourth-order valence-corrected chi connectivity index (χ4v) is 2.22. The molecule has 0 aromatic carbocycles. The minimum atomic E-state index is -0.919. The van der Waals surface area contributed by atoms with E-state index in [9.17, 15) is 19.7 Å². The molecule has 0 bridgehead atoms. The first-order chi connectivity index (χ1) is 10.4. The Kier molecular flexibility index (Phi) is 4.25. The number of hydrogen-bond donors (Lipinski definition) is 0. The van der Waals surface area contributed by atoms with Crippen molar-refractivity contribution in [1.82, 2.24) is 4.98 Å². The van der Waals surface area contributed by atoms with Crippen molar-refractivity contribution in [3.8, 4) is 5.75 Å². The maximum atomic E-state index is 12.4. The summed E-state index contributed by atoms with van der Waals surface area (Å²) in [6, 6.07) is 1.62. The summed E-state index contributed by atoms with van der Waals surface area (Å²) in [4.78, 5) is 39.4. The zero-order valence-electron chi connectivity index (χ0n) is 12.3. The van der Waals surface area contributed by atoms with Crippen LogP contribution in [0.2, 0.25) is 0 Å². The number of methoxy groups -OCH3 is 1. The number of ether oxygens (including phenoxy) is 2. The lowest BCUT2D eigenvalue weighted by molar-refractivity contribution is -0.389. The fourth-order valence-electron chi connectivity index (χ4n) is 2.22. The van der Waals surface area contributed by atoms with Crippen LogP contribution < -0.4 is 9.64 Å². The van der Waals surface area contributed by atoms with E-state index in [4.69, 9.17) is 9.47 Å². The van der Waals surface area contributed by atoms with E-state index >= 15 is 0 Å². The maximum Gasteiger partial charge on any atom is 0.366 e. The van der Waals surface area contributed by atoms with E-state index in [0.29, 0.717) is 0 Å². The van der Waals surface area contributed by atoms with Crippen molar-refractivity contribution in [3.05, 3.63) is 22.2 Å². The molecule has 0 fully saturated rings. The maximum absolute atomic E-state index is 12.4. The molecule has 1 aliphatic rings. The van der Waals surface area contributed by atoms with E-state index in [1.807, 2.05) is 0 Å². The van der Waals surface area contributed by atoms with Gasteiger partial charge in [0.05, 0.1) is 7.11 Å². The second-order valence-electron chi connectivity index (χ2n) is 4.66. The summed E-state index contributed by atoms with van der Waals surface area (Å²) in [5.74, 6) is -1.40. The quantitative estimate of drug-likeness (QED) is 0.464. The van der Waals surface area contributed by atoms with Crippen LogP contribution in [-0.2, 0) is 14.3 Å². The van der Waals surface area contributed by atoms with Crippen molar-refractivity contribution in [1.29, 1.82) is 0 Å². The third kappa shape index (κ3) is 2.57. The molecule has 1 aromatic heterocycles. The third-order valence-corrected chi connectivity index (χ3v) is 3.30. The molecule has 2 atom stereocenters. The van der Waals surface area contributed by atoms with Crippen LogP contribution >= 0.6 is 0 Å². The van der Waals surface area contributed by atoms with E-state index in [1.165, 1.54) is 26.2 Å². The molecule has 9 heteroatoms. The van der Waals surface area contributed by atoms with Crippen LogP contribution in [0.25, 0.3) is 0 Å². The largest absolute Gasteiger partial charge is 0.475 e. The van der Waals surface area contributed by atoms with E-state index in [0.717, 1.165) is 4.90 Å². The highest BCUT2D eigenvalue weighted by atomic mass is 16.6. The first kappa shape index (κ1) is 15.7. The van der Waals surface area contributed by atoms with Crippen molar-refractivity contribution in [2.24, 2.45) is 0 Å². The molecule has 2 heterocycles. The Morgan fingerprint density at radius 2 is 2.27 bits per heavy atom. The molecular formula is C13H15N3O6. The number of carbonyl (C=O) groups excluding carboxylic acids is 2. The monoisotopic (exact) mass is 309 g/mol. The van der Waals surface area contributed by atoms with Crippen LogP contribution in [0.15, 0.2) is 12.1 Å². The van der Waals surface area contributed by atoms with E-state index in [-0.39, 0.29) is 18.0 Å². The first-order valence-corrected chi connectivity index (χ1v) is 6.63. The van der Waals surface area contributed by atoms with Gasteiger partial charge < -0.3 is 19.6 Å². The molecule has 1 amide bonds. The third-order valence-electron chi connectivity index (χ3n) is 3.30. The second-order valence-corrected chi connectivity index (χ2v) is 4.66. The van der Waals surface area contributed by atoms with E-state index < -0.39 is 34.8 Å². The number of nitro groups is 1. The Bertz CT molecular complexity index is 632. The van der Waals surface area contributed by atoms with Crippen molar-refractivity contribution in [2.45, 2.75) is 32.4 Å². The zero-order valence-corrected chi connectivity index (χ0v) is 12.3. The minimum absolute atomic E-state index is 0.0467. The Labute approximate surface area is 126 Å². The van der Waals surface area contributed by atoms with E-state index in [2.05, 4.69) is 4.98 Å². The van der Waals surface area contributed by atoms with Crippen LogP contribution in [0.5, 0.6) is 5.75 Å². The summed E-state index contributed by atoms with van der Waals surface area (Å²) in [6.45, 7) is 3.23. The van der Waals surface area contributed by atoms with Gasteiger partial charge >= 0.3 is 11.8 Å². The Morgan fingerprint density at radius 1 is 1.59 bits per heavy atom. The normalized spacial score (nSPS) is 18.2. The number of aromatic nitrogens is 1. The predicted octanol–water partition coefficient (Wildman–Crippen LogP) is 1.06. The minimum Gasteiger partial charge on any atom is -0.475 e. The van der Waals surface area contributed by atoms with Crippen LogP contribution in [0.4, 0.5) is 11.6 Å². The molecule has 22 heavy (non-hydrogen) atoms. The zero-order chi connectivity index (χ0) is 16.4. The topological polar surface area (TPSA) is 112 Å². The van der Waals surface area contributed by atoms with Gasteiger partial charge in [-0.05, 0) is 29.3 Å². The lowest BCUT2D eigenvalue weighted by Crippen LogP contribution is -2.53. The van der Waals surface area contributed by atoms with Crippen LogP contribution in [0.3, 0.4) is 0 Å². The summed E-state index contributed by atoms with van der Waals surface area (Å²) in [7, 11) is 1.21. The molecular weight excluding hydrogens is 294 g/mol. The Balaban J connectivity index is 2.57. The van der Waals surface area contributed by atoms with E-state index in [1.54, 1.807) is 6.92 Å². The highest BCUT2D eigenvalue weighted by molar-refractivity contribution is 6.03. The number of rotatable bonds is 4. The number of hydrogen-bond acceptors (Lipinski definition) is 7. The summed E-state index contributed by atoms with van der Waals surface area (Å²) in [5, 5.41) is 10.9. The van der Waals surface area contributed by atoms with Gasteiger partial charge in [-0.2, -0.15) is 0 Å². The van der Waals surface area contributed by atoms with Crippen LogP contribution in [0.1, 0.15) is 20.3 Å². The van der Waals surface area contributed by atoms with Crippen molar-refractivity contribution in [3.63, 3.8) is 0 Å². The highest BCUT2D eigenvalue weighted by Crippen LogP contribution is 2.35. The smallest absolute Gasteiger partial charge is 0.366 e. The average molecular weight is 309 g/mol. The molecule has 9 nitrogen and oxygen atoms in total. The summed E-state index contributed by atoms with van der Waals surface area (Å²) >= 11 is 0. The number of amides is 1. The Morgan fingerprint density at radius 3 is 2.82 bits per heavy atom. The number of nitrogens with zero attached hydrogens (tertiary/aromatic N) is 3. The van der Waals surface area contributed by atoms with Gasteiger partial charge in [0.1, 0.15) is 6.04 Å². The van der Waals surface area contributed by atoms with Gasteiger partial charge in [-0.25, -0.2) is 4.79 Å². The second kappa shape index (κ2) is 5.96. The summed E-state index contributed by atoms with van der Waals surface area (Å²) in [5.41, 5.74) is 0. The molecule has 0 N–H and O–H groups in total. The molecule has 0 aliphatic carbocycles. The molecule has 0 spiro atoms. The van der Waals surface area contributed by atoms with Crippen molar-refractivity contribution < 1.29 is 24.0 Å². The Hall–Kier alpha value is -2.71. The predicted molar refractivity (Wildman–Crippen MR) is 74.6 cm³/mol.